The highest BCUT2D eigenvalue weighted by Crippen LogP contribution is 2.28. The maximum atomic E-state index is 12.3. The molecule has 0 saturated heterocycles. The van der Waals surface area contributed by atoms with Gasteiger partial charge in [-0.05, 0) is 44.4 Å². The van der Waals surface area contributed by atoms with E-state index in [2.05, 4.69) is 28.8 Å². The van der Waals surface area contributed by atoms with Crippen molar-refractivity contribution in [2.75, 3.05) is 11.1 Å². The lowest BCUT2D eigenvalue weighted by atomic mass is 10.1. The van der Waals surface area contributed by atoms with E-state index in [0.29, 0.717) is 5.75 Å². The first kappa shape index (κ1) is 19.9. The van der Waals surface area contributed by atoms with Crippen molar-refractivity contribution in [2.45, 2.75) is 37.6 Å². The summed E-state index contributed by atoms with van der Waals surface area (Å²) in [6.07, 6.45) is 1.81. The fourth-order valence-electron chi connectivity index (χ4n) is 2.43. The molecule has 136 valence electrons. The number of rotatable bonds is 8. The molecule has 2 atom stereocenters. The van der Waals surface area contributed by atoms with Gasteiger partial charge in [-0.2, -0.15) is 5.26 Å². The summed E-state index contributed by atoms with van der Waals surface area (Å²) >= 11 is 1.58. The zero-order valence-electron chi connectivity index (χ0n) is 15.2. The normalized spacial score (nSPS) is 12.7. The molecule has 4 nitrogen and oxygen atoms in total. The molecule has 2 unspecified atom stereocenters. The number of nitriles is 1. The van der Waals surface area contributed by atoms with Crippen molar-refractivity contribution in [1.29, 1.82) is 5.26 Å². The Hall–Kier alpha value is -2.45. The van der Waals surface area contributed by atoms with E-state index in [-0.39, 0.29) is 18.0 Å². The van der Waals surface area contributed by atoms with Gasteiger partial charge in [0.05, 0.1) is 17.7 Å². The maximum absolute atomic E-state index is 12.3. The van der Waals surface area contributed by atoms with Crippen LogP contribution < -0.4 is 10.6 Å². The Kier molecular flexibility index (Phi) is 8.04. The van der Waals surface area contributed by atoms with E-state index in [1.165, 1.54) is 5.56 Å². The molecule has 0 bridgehead atoms. The second-order valence-electron chi connectivity index (χ2n) is 6.36. The molecule has 0 heterocycles. The Morgan fingerprint density at radius 2 is 1.81 bits per heavy atom. The lowest BCUT2D eigenvalue weighted by Gasteiger charge is -2.16. The number of para-hydroxylation sites is 1. The number of nitrogens with one attached hydrogen (secondary N) is 2. The maximum Gasteiger partial charge on any atom is 0.319 e. The summed E-state index contributed by atoms with van der Waals surface area (Å²) in [7, 11) is 0. The summed E-state index contributed by atoms with van der Waals surface area (Å²) in [5, 5.41) is 14.8. The van der Waals surface area contributed by atoms with Crippen molar-refractivity contribution in [2.24, 2.45) is 5.92 Å². The van der Waals surface area contributed by atoms with Gasteiger partial charge in [0, 0.05) is 16.7 Å². The minimum atomic E-state index is -0.202. The molecule has 2 aromatic carbocycles. The van der Waals surface area contributed by atoms with Gasteiger partial charge in [0.15, 0.2) is 0 Å². The SMILES string of the molecule is CC(C#N)CSc1ccccc1NC(=O)NC(C)CCc1ccccc1. The molecule has 2 N–H and O–H groups in total. The molecule has 0 spiro atoms. The highest BCUT2D eigenvalue weighted by atomic mass is 32.2. The van der Waals surface area contributed by atoms with Crippen LogP contribution in [0, 0.1) is 17.2 Å². The predicted molar refractivity (Wildman–Crippen MR) is 108 cm³/mol. The number of benzene rings is 2. The Morgan fingerprint density at radius 3 is 2.54 bits per heavy atom. The van der Waals surface area contributed by atoms with Gasteiger partial charge in [0.25, 0.3) is 0 Å². The third-order valence-electron chi connectivity index (χ3n) is 3.93. The van der Waals surface area contributed by atoms with Crippen LogP contribution in [-0.2, 0) is 6.42 Å². The van der Waals surface area contributed by atoms with E-state index in [4.69, 9.17) is 5.26 Å². The number of nitrogens with zero attached hydrogens (tertiary/aromatic N) is 1. The van der Waals surface area contributed by atoms with Crippen molar-refractivity contribution in [1.82, 2.24) is 5.32 Å². The van der Waals surface area contributed by atoms with Crippen LogP contribution in [0.15, 0.2) is 59.5 Å². The molecule has 2 amide bonds. The minimum Gasteiger partial charge on any atom is -0.335 e. The number of carbonyl (C=O) groups excluding carboxylic acids is 1. The number of urea groups is 1. The van der Waals surface area contributed by atoms with E-state index in [1.54, 1.807) is 11.8 Å². The van der Waals surface area contributed by atoms with Crippen LogP contribution in [0.1, 0.15) is 25.8 Å². The molecule has 0 aliphatic carbocycles. The van der Waals surface area contributed by atoms with Crippen LogP contribution in [0.25, 0.3) is 0 Å². The van der Waals surface area contributed by atoms with Crippen molar-refractivity contribution in [3.63, 3.8) is 0 Å². The van der Waals surface area contributed by atoms with Crippen LogP contribution in [-0.4, -0.2) is 17.8 Å². The predicted octanol–water partition coefficient (Wildman–Crippen LogP) is 5.08. The van der Waals surface area contributed by atoms with Gasteiger partial charge in [0.2, 0.25) is 0 Å². The molecule has 5 heteroatoms. The van der Waals surface area contributed by atoms with Crippen LogP contribution in [0.5, 0.6) is 0 Å². The smallest absolute Gasteiger partial charge is 0.319 e. The first-order valence-electron chi connectivity index (χ1n) is 8.81. The Balaban J connectivity index is 1.84. The molecule has 0 aromatic heterocycles. The largest absolute Gasteiger partial charge is 0.335 e. The summed E-state index contributed by atoms with van der Waals surface area (Å²) in [6, 6.07) is 20.0. The van der Waals surface area contributed by atoms with Gasteiger partial charge in [0.1, 0.15) is 0 Å². The molecule has 2 rings (SSSR count). The van der Waals surface area contributed by atoms with E-state index in [0.717, 1.165) is 23.4 Å². The van der Waals surface area contributed by atoms with Crippen LogP contribution in [0.2, 0.25) is 0 Å². The van der Waals surface area contributed by atoms with Gasteiger partial charge in [-0.1, -0.05) is 42.5 Å². The zero-order chi connectivity index (χ0) is 18.8. The van der Waals surface area contributed by atoms with Gasteiger partial charge in [-0.25, -0.2) is 4.79 Å². The first-order chi connectivity index (χ1) is 12.6. The summed E-state index contributed by atoms with van der Waals surface area (Å²) in [5.74, 6) is 0.671. The van der Waals surface area contributed by atoms with Crippen molar-refractivity contribution in [3.05, 3.63) is 60.2 Å². The highest BCUT2D eigenvalue weighted by Gasteiger charge is 2.11. The Morgan fingerprint density at radius 1 is 1.12 bits per heavy atom. The number of aryl methyl sites for hydroxylation is 1. The third-order valence-corrected chi connectivity index (χ3v) is 5.26. The topological polar surface area (TPSA) is 64.9 Å². The van der Waals surface area contributed by atoms with E-state index >= 15 is 0 Å². The average Bonchev–Trinajstić information content (AvgIpc) is 2.66. The Labute approximate surface area is 160 Å². The fraction of sp³-hybridized carbons (Fsp3) is 0.333. The van der Waals surface area contributed by atoms with Crippen LogP contribution in [0.3, 0.4) is 0 Å². The van der Waals surface area contributed by atoms with E-state index < -0.39 is 0 Å². The lowest BCUT2D eigenvalue weighted by Crippen LogP contribution is -2.36. The zero-order valence-corrected chi connectivity index (χ0v) is 16.1. The quantitative estimate of drug-likeness (QED) is 0.639. The molecule has 0 aliphatic heterocycles. The summed E-state index contributed by atoms with van der Waals surface area (Å²) < 4.78 is 0. The minimum absolute atomic E-state index is 0.0279. The highest BCUT2D eigenvalue weighted by molar-refractivity contribution is 7.99. The van der Waals surface area contributed by atoms with Crippen molar-refractivity contribution < 1.29 is 4.79 Å². The van der Waals surface area contributed by atoms with Gasteiger partial charge < -0.3 is 10.6 Å². The molecule has 0 radical (unpaired) electrons. The lowest BCUT2D eigenvalue weighted by molar-refractivity contribution is 0.248. The number of hydrogen-bond donors (Lipinski definition) is 2. The van der Waals surface area contributed by atoms with Crippen molar-refractivity contribution >= 4 is 23.5 Å². The number of amides is 2. The molecule has 0 aliphatic rings. The molecule has 2 aromatic rings. The number of anilines is 1. The fourth-order valence-corrected chi connectivity index (χ4v) is 3.38. The second-order valence-corrected chi connectivity index (χ2v) is 7.42. The van der Waals surface area contributed by atoms with E-state index in [9.17, 15) is 4.79 Å². The van der Waals surface area contributed by atoms with Gasteiger partial charge >= 0.3 is 6.03 Å². The van der Waals surface area contributed by atoms with Gasteiger partial charge in [-0.3, -0.25) is 0 Å². The summed E-state index contributed by atoms with van der Waals surface area (Å²) in [4.78, 5) is 13.3. The van der Waals surface area contributed by atoms with Gasteiger partial charge in [-0.15, -0.1) is 11.8 Å². The molecule has 0 fully saturated rings. The molecule has 26 heavy (non-hydrogen) atoms. The third kappa shape index (κ3) is 6.81. The molecule has 0 saturated carbocycles. The molecular weight excluding hydrogens is 342 g/mol. The summed E-state index contributed by atoms with van der Waals surface area (Å²) in [5.41, 5.74) is 2.05. The number of hydrogen-bond acceptors (Lipinski definition) is 3. The monoisotopic (exact) mass is 367 g/mol. The number of carbonyl (C=O) groups is 1. The van der Waals surface area contributed by atoms with Crippen LogP contribution >= 0.6 is 11.8 Å². The standard InChI is InChI=1S/C21H25N3OS/c1-16(14-22)15-26-20-11-7-6-10-19(20)24-21(25)23-17(2)12-13-18-8-4-3-5-9-18/h3-11,16-17H,12-13,15H2,1-2H3,(H2,23,24,25). The summed E-state index contributed by atoms with van der Waals surface area (Å²) in [6.45, 7) is 3.90. The number of thioether (sulfide) groups is 1. The van der Waals surface area contributed by atoms with Crippen molar-refractivity contribution in [3.8, 4) is 6.07 Å². The molecular formula is C21H25N3OS. The van der Waals surface area contributed by atoms with Crippen LogP contribution in [0.4, 0.5) is 10.5 Å². The van der Waals surface area contributed by atoms with E-state index in [1.807, 2.05) is 56.3 Å². The Bertz CT molecular complexity index is 742. The first-order valence-corrected chi connectivity index (χ1v) is 9.80. The second kappa shape index (κ2) is 10.5. The average molecular weight is 368 g/mol.